The molecule has 1 aliphatic rings. The van der Waals surface area contributed by atoms with Gasteiger partial charge in [-0.05, 0) is 6.07 Å². The number of aliphatic hydroxyl groups is 4. The molecule has 5 aromatic heterocycles. The summed E-state index contributed by atoms with van der Waals surface area (Å²) >= 11 is 0. The molecule has 4 atom stereocenters. The van der Waals surface area contributed by atoms with Gasteiger partial charge >= 0.3 is 11.4 Å². The van der Waals surface area contributed by atoms with Gasteiger partial charge in [0.2, 0.25) is 0 Å². The van der Waals surface area contributed by atoms with Crippen molar-refractivity contribution in [3.05, 3.63) is 113 Å². The third-order valence-electron chi connectivity index (χ3n) is 5.43. The molecule has 1 saturated heterocycles. The molecular weight excluding hydrogens is 576 g/mol. The molecule has 0 spiro atoms. The van der Waals surface area contributed by atoms with Crippen LogP contribution in [-0.4, -0.2) is 95.0 Å². The molecule has 0 radical (unpaired) electrons. The van der Waals surface area contributed by atoms with E-state index >= 15 is 0 Å². The molecule has 0 saturated carbocycles. The second-order valence-electron chi connectivity index (χ2n) is 8.26. The number of rotatable bonds is 3. The second-order valence-corrected chi connectivity index (χ2v) is 8.26. The van der Waals surface area contributed by atoms with Crippen molar-refractivity contribution in [2.75, 3.05) is 6.61 Å². The van der Waals surface area contributed by atoms with Crippen molar-refractivity contribution in [3.63, 3.8) is 0 Å². The lowest BCUT2D eigenvalue weighted by molar-refractivity contribution is -0.0552. The van der Waals surface area contributed by atoms with Gasteiger partial charge in [-0.15, -0.1) is 0 Å². The van der Waals surface area contributed by atoms with Gasteiger partial charge in [0.1, 0.15) is 23.7 Å². The molecule has 228 valence electrons. The summed E-state index contributed by atoms with van der Waals surface area (Å²) in [6, 6.07) is 3.02. The first-order valence-corrected chi connectivity index (χ1v) is 12.1. The zero-order chi connectivity index (χ0) is 31.4. The summed E-state index contributed by atoms with van der Waals surface area (Å²) in [4.78, 5) is 74.0. The van der Waals surface area contributed by atoms with Crippen LogP contribution >= 0.6 is 0 Å². The molecule has 1 fully saturated rings. The number of aliphatic hydroxyl groups excluding tert-OH is 4. The quantitative estimate of drug-likeness (QED) is 0.0946. The van der Waals surface area contributed by atoms with Crippen molar-refractivity contribution in [3.8, 4) is 0 Å². The van der Waals surface area contributed by atoms with E-state index in [4.69, 9.17) is 14.9 Å². The highest BCUT2D eigenvalue weighted by atomic mass is 16.6. The van der Waals surface area contributed by atoms with Crippen molar-refractivity contribution in [1.29, 1.82) is 0 Å². The third-order valence-corrected chi connectivity index (χ3v) is 5.43. The van der Waals surface area contributed by atoms with Crippen LogP contribution in [0.25, 0.3) is 11.0 Å². The predicted octanol–water partition coefficient (Wildman–Crippen LogP) is -4.17. The van der Waals surface area contributed by atoms with Crippen LogP contribution < -0.4 is 28.1 Å². The summed E-state index contributed by atoms with van der Waals surface area (Å²) in [7, 11) is 0. The number of hydrogen-bond donors (Lipinski definition) is 9. The van der Waals surface area contributed by atoms with E-state index in [-0.39, 0.29) is 22.4 Å². The van der Waals surface area contributed by atoms with E-state index in [0.717, 1.165) is 10.8 Å². The Bertz CT molecular complexity index is 1800. The van der Waals surface area contributed by atoms with E-state index in [0.29, 0.717) is 11.0 Å². The zero-order valence-corrected chi connectivity index (χ0v) is 21.9. The molecule has 0 aliphatic carbocycles. The summed E-state index contributed by atoms with van der Waals surface area (Å²) in [6.45, 7) is -1.12. The van der Waals surface area contributed by atoms with Gasteiger partial charge < -0.3 is 40.1 Å². The smallest absolute Gasteiger partial charge is 0.344 e. The first-order chi connectivity index (χ1) is 20.7. The molecule has 20 nitrogen and oxygen atoms in total. The Morgan fingerprint density at radius 1 is 0.930 bits per heavy atom. The van der Waals surface area contributed by atoms with Gasteiger partial charge in [0.05, 0.1) is 37.6 Å². The number of hydrogen-bond acceptors (Lipinski definition) is 14. The molecule has 0 bridgehead atoms. The van der Waals surface area contributed by atoms with E-state index in [2.05, 4.69) is 40.1 Å². The fourth-order valence-corrected chi connectivity index (χ4v) is 3.33. The van der Waals surface area contributed by atoms with Crippen LogP contribution in [0.5, 0.6) is 0 Å². The fourth-order valence-electron chi connectivity index (χ4n) is 3.33. The minimum atomic E-state index is -1.44. The molecule has 5 aromatic rings. The SMILES string of the molecule is O=c1[nH]c(=O)n([C@@H]2O[C@H](CO)[C@@H](O)[C@H]2O)cc1CO.O=c1[nH]cnc2[nH]ncc12.O=c1ccnc[nH]1.O=c1nccc[nH]1. The minimum absolute atomic E-state index is 0.0858. The lowest BCUT2D eigenvalue weighted by Crippen LogP contribution is -2.38. The molecular formula is C23H26N10O10. The zero-order valence-electron chi connectivity index (χ0n) is 21.9. The van der Waals surface area contributed by atoms with Gasteiger partial charge in [-0.25, -0.2) is 24.5 Å². The van der Waals surface area contributed by atoms with E-state index < -0.39 is 49.0 Å². The monoisotopic (exact) mass is 602 g/mol. The Labute approximate surface area is 237 Å². The van der Waals surface area contributed by atoms with Crippen molar-refractivity contribution < 1.29 is 25.2 Å². The Morgan fingerprint density at radius 2 is 1.72 bits per heavy atom. The maximum atomic E-state index is 11.6. The Morgan fingerprint density at radius 3 is 2.23 bits per heavy atom. The highest BCUT2D eigenvalue weighted by Gasteiger charge is 2.43. The van der Waals surface area contributed by atoms with Crippen LogP contribution in [0.15, 0.2) is 79.7 Å². The van der Waals surface area contributed by atoms with Crippen LogP contribution in [-0.2, 0) is 11.3 Å². The van der Waals surface area contributed by atoms with Gasteiger partial charge in [-0.1, -0.05) is 0 Å². The Hall–Kier alpha value is -5.41. The van der Waals surface area contributed by atoms with E-state index in [1.807, 2.05) is 4.98 Å². The average molecular weight is 603 g/mol. The Kier molecular flexibility index (Phi) is 11.6. The lowest BCUT2D eigenvalue weighted by atomic mass is 10.1. The summed E-state index contributed by atoms with van der Waals surface area (Å²) in [5.41, 5.74) is -1.75. The molecule has 0 aromatic carbocycles. The molecule has 1 aliphatic heterocycles. The molecule has 9 N–H and O–H groups in total. The van der Waals surface area contributed by atoms with Gasteiger partial charge in [0, 0.05) is 30.9 Å². The number of ether oxygens (including phenoxy) is 1. The predicted molar refractivity (Wildman–Crippen MR) is 144 cm³/mol. The second kappa shape index (κ2) is 15.6. The normalized spacial score (nSPS) is 18.8. The van der Waals surface area contributed by atoms with Crippen molar-refractivity contribution in [2.24, 2.45) is 0 Å². The van der Waals surface area contributed by atoms with Gasteiger partial charge in [-0.3, -0.25) is 29.0 Å². The van der Waals surface area contributed by atoms with Gasteiger partial charge in [0.25, 0.3) is 16.7 Å². The van der Waals surface area contributed by atoms with Crippen molar-refractivity contribution in [1.82, 2.24) is 49.7 Å². The van der Waals surface area contributed by atoms with Gasteiger partial charge in [0.15, 0.2) is 11.9 Å². The molecule has 0 unspecified atom stereocenters. The largest absolute Gasteiger partial charge is 0.394 e. The van der Waals surface area contributed by atoms with E-state index in [1.54, 1.807) is 6.07 Å². The summed E-state index contributed by atoms with van der Waals surface area (Å²) < 4.78 is 6.01. The molecule has 6 rings (SSSR count). The summed E-state index contributed by atoms with van der Waals surface area (Å²) in [5, 5.41) is 44.0. The van der Waals surface area contributed by atoms with Crippen LogP contribution in [0.2, 0.25) is 0 Å². The maximum absolute atomic E-state index is 11.6. The van der Waals surface area contributed by atoms with E-state index in [9.17, 15) is 34.2 Å². The topological polar surface area (TPSA) is 311 Å². The first kappa shape index (κ1) is 32.1. The summed E-state index contributed by atoms with van der Waals surface area (Å²) in [5.74, 6) is 0. The molecule has 43 heavy (non-hydrogen) atoms. The standard InChI is InChI=1S/C10H14N2O7.C5H4N4O.2C4H4N2O/c13-2-4-1-12(10(18)11-8(4)17)9-7(16)6(15)5(3-14)19-9;10-5-3-1-8-9-4(3)6-2-7-5;7-4-1-2-5-3-6-4;7-4-5-2-1-3-6-4/h1,5-7,9,13-16H,2-3H2,(H,11,17,18);1-2H,(H2,6,7,8,9,10);2*1-3H,(H,5,6,7)/t5-,6-,7-,9-;;;/m1.../s1. The Balaban J connectivity index is 0.000000175. The number of H-pyrrole nitrogens is 5. The fraction of sp³-hybridized carbons (Fsp3) is 0.261. The highest BCUT2D eigenvalue weighted by Crippen LogP contribution is 2.27. The molecule has 20 heteroatoms. The minimum Gasteiger partial charge on any atom is -0.394 e. The third kappa shape index (κ3) is 8.79. The number of aromatic amines is 5. The number of nitrogens with one attached hydrogen (secondary N) is 5. The van der Waals surface area contributed by atoms with Crippen LogP contribution in [0, 0.1) is 0 Å². The van der Waals surface area contributed by atoms with Crippen molar-refractivity contribution >= 4 is 11.0 Å². The van der Waals surface area contributed by atoms with E-state index in [1.165, 1.54) is 43.5 Å². The number of fused-ring (bicyclic) bond motifs is 1. The molecule has 6 heterocycles. The number of aromatic nitrogens is 10. The maximum Gasteiger partial charge on any atom is 0.344 e. The average Bonchev–Trinajstić information content (AvgIpc) is 3.60. The highest BCUT2D eigenvalue weighted by molar-refractivity contribution is 5.71. The van der Waals surface area contributed by atoms with Crippen LogP contribution in [0.3, 0.4) is 0 Å². The van der Waals surface area contributed by atoms with Gasteiger partial charge in [-0.2, -0.15) is 5.10 Å². The molecule has 0 amide bonds. The van der Waals surface area contributed by atoms with Crippen LogP contribution in [0.4, 0.5) is 0 Å². The first-order valence-electron chi connectivity index (χ1n) is 12.1. The lowest BCUT2D eigenvalue weighted by Gasteiger charge is -2.17. The summed E-state index contributed by atoms with van der Waals surface area (Å²) in [6.07, 6.45) is 4.53. The van der Waals surface area contributed by atoms with Crippen LogP contribution in [0.1, 0.15) is 11.8 Å². The van der Waals surface area contributed by atoms with Crippen molar-refractivity contribution in [2.45, 2.75) is 31.1 Å². The number of nitrogens with zero attached hydrogens (tertiary/aromatic N) is 5.